The zero-order valence-electron chi connectivity index (χ0n) is 11.1. The highest BCUT2D eigenvalue weighted by molar-refractivity contribution is 5.48. The zero-order valence-corrected chi connectivity index (χ0v) is 11.1. The number of benzene rings is 1. The van der Waals surface area contributed by atoms with Gasteiger partial charge in [-0.1, -0.05) is 30.3 Å². The van der Waals surface area contributed by atoms with Gasteiger partial charge >= 0.3 is 0 Å². The Bertz CT molecular complexity index is 530. The van der Waals surface area contributed by atoms with Gasteiger partial charge in [0.2, 0.25) is 5.95 Å². The molecule has 5 nitrogen and oxygen atoms in total. The van der Waals surface area contributed by atoms with E-state index < -0.39 is 0 Å². The SMILES string of the molecule is CNc1ncc(C)c(NC(CO)c2ccccc2)n1. The summed E-state index contributed by atoms with van der Waals surface area (Å²) >= 11 is 0. The van der Waals surface area contributed by atoms with Gasteiger partial charge in [0.05, 0.1) is 12.6 Å². The van der Waals surface area contributed by atoms with Crippen LogP contribution in [0.15, 0.2) is 36.5 Å². The standard InChI is InChI=1S/C14H18N4O/c1-10-8-16-14(15-2)18-13(10)17-12(9-19)11-6-4-3-5-7-11/h3-8,12,19H,9H2,1-2H3,(H2,15,16,17,18). The second-order valence-electron chi connectivity index (χ2n) is 4.27. The second-order valence-corrected chi connectivity index (χ2v) is 4.27. The largest absolute Gasteiger partial charge is 0.394 e. The summed E-state index contributed by atoms with van der Waals surface area (Å²) in [5.74, 6) is 1.28. The van der Waals surface area contributed by atoms with Crippen molar-refractivity contribution in [3.63, 3.8) is 0 Å². The second kappa shape index (κ2) is 6.15. The van der Waals surface area contributed by atoms with Crippen LogP contribution in [0.5, 0.6) is 0 Å². The van der Waals surface area contributed by atoms with Crippen molar-refractivity contribution in [1.29, 1.82) is 0 Å². The number of rotatable bonds is 5. The first-order chi connectivity index (χ1) is 9.24. The minimum absolute atomic E-state index is 0.00232. The molecule has 0 spiro atoms. The van der Waals surface area contributed by atoms with Gasteiger partial charge in [-0.15, -0.1) is 0 Å². The van der Waals surface area contributed by atoms with Crippen molar-refractivity contribution in [1.82, 2.24) is 9.97 Å². The fourth-order valence-corrected chi connectivity index (χ4v) is 1.79. The maximum Gasteiger partial charge on any atom is 0.224 e. The number of hydrogen-bond donors (Lipinski definition) is 3. The maximum absolute atomic E-state index is 9.54. The molecule has 0 fully saturated rings. The third-order valence-corrected chi connectivity index (χ3v) is 2.89. The summed E-state index contributed by atoms with van der Waals surface area (Å²) in [6.07, 6.45) is 1.75. The fraction of sp³-hybridized carbons (Fsp3) is 0.286. The summed E-state index contributed by atoms with van der Waals surface area (Å²) in [5, 5.41) is 15.7. The Morgan fingerprint density at radius 2 is 2.00 bits per heavy atom. The Morgan fingerprint density at radius 1 is 1.26 bits per heavy atom. The predicted octanol–water partition coefficient (Wildman–Crippen LogP) is 1.97. The van der Waals surface area contributed by atoms with Gasteiger partial charge in [-0.25, -0.2) is 4.98 Å². The minimum atomic E-state index is -0.181. The summed E-state index contributed by atoms with van der Waals surface area (Å²) in [7, 11) is 1.77. The van der Waals surface area contributed by atoms with E-state index in [9.17, 15) is 5.11 Å². The van der Waals surface area contributed by atoms with E-state index in [1.165, 1.54) is 0 Å². The van der Waals surface area contributed by atoms with Gasteiger partial charge < -0.3 is 15.7 Å². The first-order valence-corrected chi connectivity index (χ1v) is 6.18. The van der Waals surface area contributed by atoms with Crippen LogP contribution in [0.4, 0.5) is 11.8 Å². The molecule has 100 valence electrons. The number of nitrogens with zero attached hydrogens (tertiary/aromatic N) is 2. The van der Waals surface area contributed by atoms with Crippen molar-refractivity contribution in [2.75, 3.05) is 24.3 Å². The molecule has 0 aliphatic heterocycles. The summed E-state index contributed by atoms with van der Waals surface area (Å²) in [6, 6.07) is 9.62. The highest BCUT2D eigenvalue weighted by atomic mass is 16.3. The van der Waals surface area contributed by atoms with Crippen LogP contribution in [-0.2, 0) is 0 Å². The summed E-state index contributed by atoms with van der Waals surface area (Å²) < 4.78 is 0. The molecular weight excluding hydrogens is 240 g/mol. The number of aliphatic hydroxyl groups is 1. The van der Waals surface area contributed by atoms with Crippen LogP contribution < -0.4 is 10.6 Å². The molecule has 1 aromatic carbocycles. The Kier molecular flexibility index (Phi) is 4.30. The molecule has 1 heterocycles. The lowest BCUT2D eigenvalue weighted by Crippen LogP contribution is -2.17. The number of aromatic nitrogens is 2. The van der Waals surface area contributed by atoms with Crippen molar-refractivity contribution in [3.8, 4) is 0 Å². The van der Waals surface area contributed by atoms with Crippen molar-refractivity contribution >= 4 is 11.8 Å². The molecule has 1 unspecified atom stereocenters. The summed E-state index contributed by atoms with van der Waals surface area (Å²) in [4.78, 5) is 8.50. The number of anilines is 2. The topological polar surface area (TPSA) is 70.1 Å². The lowest BCUT2D eigenvalue weighted by atomic mass is 10.1. The number of aliphatic hydroxyl groups excluding tert-OH is 1. The van der Waals surface area contributed by atoms with Crippen molar-refractivity contribution < 1.29 is 5.11 Å². The van der Waals surface area contributed by atoms with Crippen molar-refractivity contribution in [3.05, 3.63) is 47.7 Å². The van der Waals surface area contributed by atoms with Gasteiger partial charge in [0, 0.05) is 18.8 Å². The van der Waals surface area contributed by atoms with Gasteiger partial charge in [0.1, 0.15) is 5.82 Å². The van der Waals surface area contributed by atoms with Gasteiger partial charge in [0.15, 0.2) is 0 Å². The minimum Gasteiger partial charge on any atom is -0.394 e. The molecule has 3 N–H and O–H groups in total. The van der Waals surface area contributed by atoms with Gasteiger partial charge in [-0.3, -0.25) is 0 Å². The molecule has 2 rings (SSSR count). The van der Waals surface area contributed by atoms with E-state index in [-0.39, 0.29) is 12.6 Å². The third kappa shape index (κ3) is 3.20. The van der Waals surface area contributed by atoms with Crippen LogP contribution >= 0.6 is 0 Å². The Morgan fingerprint density at radius 3 is 2.63 bits per heavy atom. The zero-order chi connectivity index (χ0) is 13.7. The van der Waals surface area contributed by atoms with Crippen LogP contribution in [0.3, 0.4) is 0 Å². The first-order valence-electron chi connectivity index (χ1n) is 6.18. The highest BCUT2D eigenvalue weighted by Gasteiger charge is 2.12. The van der Waals surface area contributed by atoms with E-state index in [4.69, 9.17) is 0 Å². The normalized spacial score (nSPS) is 11.9. The summed E-state index contributed by atoms with van der Waals surface area (Å²) in [6.45, 7) is 1.93. The van der Waals surface area contributed by atoms with Crippen LogP contribution in [0.25, 0.3) is 0 Å². The first kappa shape index (κ1) is 13.3. The third-order valence-electron chi connectivity index (χ3n) is 2.89. The van der Waals surface area contributed by atoms with Crippen molar-refractivity contribution in [2.45, 2.75) is 13.0 Å². The molecule has 0 amide bonds. The lowest BCUT2D eigenvalue weighted by Gasteiger charge is -2.18. The van der Waals surface area contributed by atoms with E-state index in [0.29, 0.717) is 5.95 Å². The lowest BCUT2D eigenvalue weighted by molar-refractivity contribution is 0.276. The smallest absolute Gasteiger partial charge is 0.224 e. The molecular formula is C14H18N4O. The average molecular weight is 258 g/mol. The molecule has 2 aromatic rings. The van der Waals surface area contributed by atoms with Crippen LogP contribution in [0, 0.1) is 6.92 Å². The van der Waals surface area contributed by atoms with Gasteiger partial charge in [-0.05, 0) is 12.5 Å². The Hall–Kier alpha value is -2.14. The maximum atomic E-state index is 9.54. The quantitative estimate of drug-likeness (QED) is 0.765. The van der Waals surface area contributed by atoms with Crippen molar-refractivity contribution in [2.24, 2.45) is 0 Å². The number of aryl methyl sites for hydroxylation is 1. The van der Waals surface area contributed by atoms with Crippen LogP contribution in [-0.4, -0.2) is 28.7 Å². The molecule has 1 aromatic heterocycles. The van der Waals surface area contributed by atoms with Gasteiger partial charge in [0.25, 0.3) is 0 Å². The Balaban J connectivity index is 2.23. The molecule has 0 aliphatic rings. The van der Waals surface area contributed by atoms with E-state index in [2.05, 4.69) is 20.6 Å². The van der Waals surface area contributed by atoms with E-state index in [1.807, 2.05) is 37.3 Å². The van der Waals surface area contributed by atoms with Gasteiger partial charge in [-0.2, -0.15) is 4.98 Å². The summed E-state index contributed by atoms with van der Waals surface area (Å²) in [5.41, 5.74) is 1.96. The monoisotopic (exact) mass is 258 g/mol. The van der Waals surface area contributed by atoms with E-state index in [1.54, 1.807) is 13.2 Å². The Labute approximate surface area is 112 Å². The number of hydrogen-bond acceptors (Lipinski definition) is 5. The van der Waals surface area contributed by atoms with E-state index in [0.717, 1.165) is 16.9 Å². The molecule has 0 saturated heterocycles. The number of nitrogens with one attached hydrogen (secondary N) is 2. The highest BCUT2D eigenvalue weighted by Crippen LogP contribution is 2.20. The molecule has 0 aliphatic carbocycles. The molecule has 5 heteroatoms. The van der Waals surface area contributed by atoms with E-state index >= 15 is 0 Å². The van der Waals surface area contributed by atoms with Crippen LogP contribution in [0.2, 0.25) is 0 Å². The fourth-order valence-electron chi connectivity index (χ4n) is 1.79. The average Bonchev–Trinajstić information content (AvgIpc) is 2.47. The molecule has 19 heavy (non-hydrogen) atoms. The molecule has 0 radical (unpaired) electrons. The predicted molar refractivity (Wildman–Crippen MR) is 76.2 cm³/mol. The van der Waals surface area contributed by atoms with Crippen LogP contribution in [0.1, 0.15) is 17.2 Å². The molecule has 0 saturated carbocycles. The molecule has 0 bridgehead atoms. The molecule has 1 atom stereocenters.